The third-order valence-electron chi connectivity index (χ3n) is 5.18. The van der Waals surface area contributed by atoms with Crippen molar-refractivity contribution in [2.45, 2.75) is 44.7 Å². The average molecular weight is 421 g/mol. The van der Waals surface area contributed by atoms with Gasteiger partial charge in [-0.3, -0.25) is 9.10 Å². The van der Waals surface area contributed by atoms with Crippen LogP contribution >= 0.6 is 11.3 Å². The Hall–Kier alpha value is -2.19. The van der Waals surface area contributed by atoms with E-state index in [0.717, 1.165) is 25.7 Å². The highest BCUT2D eigenvalue weighted by molar-refractivity contribution is 7.97. The highest BCUT2D eigenvalue weighted by atomic mass is 32.2. The van der Waals surface area contributed by atoms with Gasteiger partial charge in [-0.25, -0.2) is 12.8 Å². The molecule has 8 heteroatoms. The van der Waals surface area contributed by atoms with Gasteiger partial charge in [0.05, 0.1) is 12.2 Å². The standard InChI is InChI=1S/C20H21FN2O3S2/c21-15-6-4-5-14(11-15)13-23-17-9-10-27-20(17)19(24)18(28(23,25)26)12-22-16-7-2-1-3-8-16/h4-6,9-12,16,22H,1-3,7-8,13H2. The lowest BCUT2D eigenvalue weighted by molar-refractivity contribution is 0.104. The zero-order valence-corrected chi connectivity index (χ0v) is 16.9. The van der Waals surface area contributed by atoms with Crippen LogP contribution in [0.2, 0.25) is 0 Å². The lowest BCUT2D eigenvalue weighted by Gasteiger charge is -2.30. The third kappa shape index (κ3) is 3.58. The van der Waals surface area contributed by atoms with Crippen LogP contribution in [-0.2, 0) is 16.6 Å². The molecule has 0 saturated heterocycles. The predicted octanol–water partition coefficient (Wildman–Crippen LogP) is 4.18. The quantitative estimate of drug-likeness (QED) is 0.754. The van der Waals surface area contributed by atoms with Gasteiger partial charge in [-0.2, -0.15) is 0 Å². The van der Waals surface area contributed by atoms with E-state index in [2.05, 4.69) is 5.32 Å². The number of anilines is 1. The first-order valence-electron chi connectivity index (χ1n) is 9.32. The first kappa shape index (κ1) is 19.1. The number of benzene rings is 1. The molecule has 0 bridgehead atoms. The fourth-order valence-corrected chi connectivity index (χ4v) is 6.21. The molecule has 1 aromatic carbocycles. The molecule has 0 amide bonds. The molecule has 1 N–H and O–H groups in total. The highest BCUT2D eigenvalue weighted by Gasteiger charge is 2.41. The number of halogens is 1. The molecular formula is C20H21FN2O3S2. The number of thiophene rings is 1. The Morgan fingerprint density at radius 1 is 1.21 bits per heavy atom. The van der Waals surface area contributed by atoms with Crippen LogP contribution in [0.3, 0.4) is 0 Å². The van der Waals surface area contributed by atoms with Gasteiger partial charge in [0.25, 0.3) is 10.0 Å². The number of carbonyl (C=O) groups is 1. The Bertz CT molecular complexity index is 1020. The number of hydrogen-bond acceptors (Lipinski definition) is 5. The number of carbonyl (C=O) groups excluding carboxylic acids is 1. The molecular weight excluding hydrogens is 399 g/mol. The lowest BCUT2D eigenvalue weighted by Crippen LogP contribution is -2.39. The summed E-state index contributed by atoms with van der Waals surface area (Å²) in [6.45, 7) is -0.0299. The van der Waals surface area contributed by atoms with E-state index in [1.807, 2.05) is 0 Å². The second kappa shape index (κ2) is 7.67. The van der Waals surface area contributed by atoms with Crippen molar-refractivity contribution >= 4 is 32.8 Å². The zero-order valence-electron chi connectivity index (χ0n) is 15.2. The van der Waals surface area contributed by atoms with Gasteiger partial charge in [-0.15, -0.1) is 11.3 Å². The van der Waals surface area contributed by atoms with E-state index in [0.29, 0.717) is 16.1 Å². The minimum atomic E-state index is -4.04. The summed E-state index contributed by atoms with van der Waals surface area (Å²) >= 11 is 1.22. The van der Waals surface area contributed by atoms with Gasteiger partial charge < -0.3 is 5.32 Å². The van der Waals surface area contributed by atoms with Crippen LogP contribution in [-0.4, -0.2) is 20.2 Å². The normalized spacial score (nSPS) is 21.0. The number of nitrogens with zero attached hydrogens (tertiary/aromatic N) is 1. The average Bonchev–Trinajstić information content (AvgIpc) is 3.15. The van der Waals surface area contributed by atoms with E-state index in [-0.39, 0.29) is 17.5 Å². The van der Waals surface area contributed by atoms with Crippen LogP contribution in [0.25, 0.3) is 0 Å². The van der Waals surface area contributed by atoms with E-state index >= 15 is 0 Å². The molecule has 0 atom stereocenters. The first-order chi connectivity index (χ1) is 13.5. The van der Waals surface area contributed by atoms with Crippen molar-refractivity contribution in [1.29, 1.82) is 0 Å². The van der Waals surface area contributed by atoms with E-state index in [1.165, 1.54) is 40.4 Å². The van der Waals surface area contributed by atoms with Crippen molar-refractivity contribution in [2.75, 3.05) is 4.31 Å². The van der Waals surface area contributed by atoms with Crippen molar-refractivity contribution < 1.29 is 17.6 Å². The smallest absolute Gasteiger partial charge is 0.270 e. The molecule has 148 valence electrons. The van der Waals surface area contributed by atoms with E-state index in [4.69, 9.17) is 0 Å². The summed E-state index contributed by atoms with van der Waals surface area (Å²) in [7, 11) is -4.04. The summed E-state index contributed by atoms with van der Waals surface area (Å²) in [5.74, 6) is -0.910. The zero-order chi connectivity index (χ0) is 19.7. The number of allylic oxidation sites excluding steroid dienone is 1. The van der Waals surface area contributed by atoms with Crippen molar-refractivity contribution in [3.63, 3.8) is 0 Å². The number of sulfonamides is 1. The molecule has 28 heavy (non-hydrogen) atoms. The van der Waals surface area contributed by atoms with Crippen LogP contribution in [0.15, 0.2) is 46.8 Å². The van der Waals surface area contributed by atoms with Crippen LogP contribution in [0.1, 0.15) is 47.3 Å². The monoisotopic (exact) mass is 420 g/mol. The van der Waals surface area contributed by atoms with Gasteiger partial charge in [0.1, 0.15) is 10.7 Å². The molecule has 1 saturated carbocycles. The molecule has 4 rings (SSSR count). The van der Waals surface area contributed by atoms with Crippen molar-refractivity contribution in [2.24, 2.45) is 0 Å². The summed E-state index contributed by atoms with van der Waals surface area (Å²) in [6, 6.07) is 7.65. The minimum absolute atomic E-state index is 0.0299. The number of ketones is 1. The molecule has 0 spiro atoms. The molecule has 1 aliphatic carbocycles. The van der Waals surface area contributed by atoms with E-state index < -0.39 is 21.6 Å². The summed E-state index contributed by atoms with van der Waals surface area (Å²) in [4.78, 5) is 13.0. The SMILES string of the molecule is O=C1C(=CNC2CCCCC2)S(=O)(=O)N(Cc2cccc(F)c2)c2ccsc21. The Kier molecular flexibility index (Phi) is 5.25. The molecule has 5 nitrogen and oxygen atoms in total. The van der Waals surface area contributed by atoms with Gasteiger partial charge in [0.2, 0.25) is 5.78 Å². The fraction of sp³-hybridized carbons (Fsp3) is 0.350. The Morgan fingerprint density at radius 3 is 2.75 bits per heavy atom. The van der Waals surface area contributed by atoms with Crippen molar-refractivity contribution in [3.8, 4) is 0 Å². The van der Waals surface area contributed by atoms with E-state index in [1.54, 1.807) is 23.6 Å². The van der Waals surface area contributed by atoms with Gasteiger partial charge in [-0.05, 0) is 42.0 Å². The molecule has 2 aromatic rings. The Balaban J connectivity index is 1.69. The number of Topliss-reactive ketones (excluding diaryl/α,β-unsaturated/α-hetero) is 1. The summed E-state index contributed by atoms with van der Waals surface area (Å²) in [6.07, 6.45) is 6.69. The molecule has 0 unspecified atom stereocenters. The van der Waals surface area contributed by atoms with Crippen LogP contribution in [0.4, 0.5) is 10.1 Å². The number of rotatable bonds is 4. The highest BCUT2D eigenvalue weighted by Crippen LogP contribution is 2.39. The van der Waals surface area contributed by atoms with Crippen molar-refractivity contribution in [3.05, 3.63) is 63.1 Å². The Labute approximate surface area is 167 Å². The summed E-state index contributed by atoms with van der Waals surface area (Å²) in [5, 5.41) is 4.85. The van der Waals surface area contributed by atoms with Crippen molar-refractivity contribution in [1.82, 2.24) is 5.32 Å². The van der Waals surface area contributed by atoms with Crippen LogP contribution in [0, 0.1) is 5.82 Å². The fourth-order valence-electron chi connectivity index (χ4n) is 3.72. The molecule has 0 radical (unpaired) electrons. The molecule has 2 heterocycles. The number of nitrogens with one attached hydrogen (secondary N) is 1. The Morgan fingerprint density at radius 2 is 2.00 bits per heavy atom. The third-order valence-corrected chi connectivity index (χ3v) is 7.85. The topological polar surface area (TPSA) is 66.5 Å². The summed E-state index contributed by atoms with van der Waals surface area (Å²) < 4.78 is 41.3. The molecule has 1 fully saturated rings. The maximum absolute atomic E-state index is 13.6. The van der Waals surface area contributed by atoms with Gasteiger partial charge in [-0.1, -0.05) is 31.4 Å². The second-order valence-corrected chi connectivity index (χ2v) is 9.86. The van der Waals surface area contributed by atoms with Gasteiger partial charge in [0, 0.05) is 12.2 Å². The maximum Gasteiger partial charge on any atom is 0.270 e. The predicted molar refractivity (Wildman–Crippen MR) is 108 cm³/mol. The second-order valence-electron chi connectivity index (χ2n) is 7.12. The molecule has 1 aliphatic heterocycles. The molecule has 2 aliphatic rings. The summed E-state index contributed by atoms with van der Waals surface area (Å²) in [5.41, 5.74) is 0.878. The molecule has 1 aromatic heterocycles. The van der Waals surface area contributed by atoms with Gasteiger partial charge >= 0.3 is 0 Å². The number of fused-ring (bicyclic) bond motifs is 1. The first-order valence-corrected chi connectivity index (χ1v) is 11.6. The van der Waals surface area contributed by atoms with Gasteiger partial charge in [0.15, 0.2) is 4.91 Å². The van der Waals surface area contributed by atoms with E-state index in [9.17, 15) is 17.6 Å². The number of hydrogen-bond donors (Lipinski definition) is 1. The lowest BCUT2D eigenvalue weighted by atomic mass is 9.96. The minimum Gasteiger partial charge on any atom is -0.387 e. The maximum atomic E-state index is 13.6. The largest absolute Gasteiger partial charge is 0.387 e. The van der Waals surface area contributed by atoms with Crippen LogP contribution < -0.4 is 9.62 Å². The van der Waals surface area contributed by atoms with Crippen LogP contribution in [0.5, 0.6) is 0 Å².